The van der Waals surface area contributed by atoms with Crippen molar-refractivity contribution < 1.29 is 14.3 Å². The fraction of sp³-hybridized carbons (Fsp3) is 0.471. The molecule has 0 bridgehead atoms. The predicted molar refractivity (Wildman–Crippen MR) is 177 cm³/mol. The lowest BCUT2D eigenvalue weighted by atomic mass is 9.99. The van der Waals surface area contributed by atoms with Crippen LogP contribution in [-0.2, 0) is 29.0 Å². The molecular weight excluding hydrogens is 586 g/mol. The lowest BCUT2D eigenvalue weighted by molar-refractivity contribution is -0.119. The molecule has 4 heterocycles. The molecule has 0 saturated carbocycles. The van der Waals surface area contributed by atoms with E-state index in [1.807, 2.05) is 49.9 Å². The van der Waals surface area contributed by atoms with Crippen molar-refractivity contribution in [3.63, 3.8) is 0 Å². The minimum atomic E-state index is -0.423. The summed E-state index contributed by atoms with van der Waals surface area (Å²) in [5.41, 5.74) is 2.20. The van der Waals surface area contributed by atoms with Crippen molar-refractivity contribution in [2.24, 2.45) is 5.92 Å². The van der Waals surface area contributed by atoms with Crippen LogP contribution in [0.1, 0.15) is 62.4 Å². The average Bonchev–Trinajstić information content (AvgIpc) is 3.49. The van der Waals surface area contributed by atoms with Crippen LogP contribution < -0.4 is 16.1 Å². The summed E-state index contributed by atoms with van der Waals surface area (Å²) < 4.78 is 7.87. The summed E-state index contributed by atoms with van der Waals surface area (Å²) in [5, 5.41) is 0. The highest BCUT2D eigenvalue weighted by molar-refractivity contribution is 5.96. The highest BCUT2D eigenvalue weighted by atomic mass is 16.5. The number of nitrogens with one attached hydrogen (secondary N) is 1. The zero-order valence-electron chi connectivity index (χ0n) is 27.1. The number of nitrogens with zero attached hydrogens (tertiary/aromatic N) is 6. The molecule has 3 aromatic heterocycles. The zero-order valence-corrected chi connectivity index (χ0v) is 27.1. The molecule has 0 fully saturated rings. The van der Waals surface area contributed by atoms with Gasteiger partial charge in [0, 0.05) is 70.2 Å². The number of aryl methyl sites for hydroxylation is 1. The van der Waals surface area contributed by atoms with Gasteiger partial charge in [-0.1, -0.05) is 39.0 Å². The maximum Gasteiger partial charge on any atom is 0.332 e. The number of benzene rings is 1. The van der Waals surface area contributed by atoms with Crippen molar-refractivity contribution in [2.45, 2.75) is 66.0 Å². The molecule has 0 radical (unpaired) electrons. The van der Waals surface area contributed by atoms with Gasteiger partial charge in [-0.15, -0.1) is 0 Å². The summed E-state index contributed by atoms with van der Waals surface area (Å²) in [6, 6.07) is 11.3. The number of hydrogen-bond donors (Lipinski definition) is 1. The van der Waals surface area contributed by atoms with Crippen LogP contribution in [-0.4, -0.2) is 74.2 Å². The second kappa shape index (κ2) is 14.7. The van der Waals surface area contributed by atoms with Crippen LogP contribution in [0.5, 0.6) is 0 Å². The van der Waals surface area contributed by atoms with Gasteiger partial charge in [-0.25, -0.2) is 14.8 Å². The van der Waals surface area contributed by atoms with Gasteiger partial charge in [0.05, 0.1) is 0 Å². The molecular formula is C34H43N7O5. The first-order chi connectivity index (χ1) is 22.2. The highest BCUT2D eigenvalue weighted by Gasteiger charge is 2.25. The Bertz CT molecular complexity index is 1810. The molecule has 46 heavy (non-hydrogen) atoms. The first-order valence-corrected chi connectivity index (χ1v) is 16.1. The number of imidazole rings is 1. The Morgan fingerprint density at radius 2 is 1.85 bits per heavy atom. The van der Waals surface area contributed by atoms with Crippen molar-refractivity contribution in [1.29, 1.82) is 0 Å². The number of pyridine rings is 1. The van der Waals surface area contributed by atoms with E-state index in [2.05, 4.69) is 15.0 Å². The Morgan fingerprint density at radius 1 is 1.04 bits per heavy atom. The molecule has 1 aromatic carbocycles. The molecule has 2 amide bonds. The molecule has 0 spiro atoms. The number of carbonyl (C=O) groups excluding carboxylic acids is 2. The van der Waals surface area contributed by atoms with Crippen LogP contribution in [0.25, 0.3) is 22.6 Å². The van der Waals surface area contributed by atoms with Gasteiger partial charge in [0.2, 0.25) is 5.91 Å². The summed E-state index contributed by atoms with van der Waals surface area (Å²) in [4.78, 5) is 68.8. The predicted octanol–water partition coefficient (Wildman–Crippen LogP) is 3.86. The van der Waals surface area contributed by atoms with E-state index in [0.29, 0.717) is 81.3 Å². The summed E-state index contributed by atoms with van der Waals surface area (Å²) in [7, 11) is 1.58. The second-order valence-electron chi connectivity index (χ2n) is 12.1. The molecule has 0 unspecified atom stereocenters. The maximum atomic E-state index is 13.3. The topological polar surface area (TPSA) is 135 Å². The summed E-state index contributed by atoms with van der Waals surface area (Å²) in [5.74, 6) is 1.08. The first kappa shape index (κ1) is 32.8. The Balaban J connectivity index is 1.37. The first-order valence-electron chi connectivity index (χ1n) is 16.1. The van der Waals surface area contributed by atoms with Crippen molar-refractivity contribution >= 4 is 28.8 Å². The van der Waals surface area contributed by atoms with Gasteiger partial charge in [-0.3, -0.25) is 28.4 Å². The van der Waals surface area contributed by atoms with Crippen LogP contribution in [0.4, 0.5) is 5.82 Å². The van der Waals surface area contributed by atoms with Gasteiger partial charge in [0.1, 0.15) is 17.2 Å². The van der Waals surface area contributed by atoms with Crippen molar-refractivity contribution in [3.8, 4) is 11.4 Å². The van der Waals surface area contributed by atoms with Crippen LogP contribution in [0.15, 0.2) is 52.2 Å². The molecule has 1 aliphatic rings. The van der Waals surface area contributed by atoms with Crippen molar-refractivity contribution in [3.05, 3.63) is 74.6 Å². The second-order valence-corrected chi connectivity index (χ2v) is 12.1. The molecule has 244 valence electrons. The maximum absolute atomic E-state index is 13.3. The number of carbonyl (C=O) groups is 2. The third-order valence-electron chi connectivity index (χ3n) is 8.22. The van der Waals surface area contributed by atoms with E-state index in [0.717, 1.165) is 17.5 Å². The number of anilines is 1. The fourth-order valence-corrected chi connectivity index (χ4v) is 5.91. The van der Waals surface area contributed by atoms with Gasteiger partial charge in [0.25, 0.3) is 11.5 Å². The van der Waals surface area contributed by atoms with E-state index >= 15 is 0 Å². The Kier molecular flexibility index (Phi) is 10.5. The summed E-state index contributed by atoms with van der Waals surface area (Å²) in [6.45, 7) is 8.68. The van der Waals surface area contributed by atoms with E-state index in [1.54, 1.807) is 30.3 Å². The molecule has 0 saturated heterocycles. The Morgan fingerprint density at radius 3 is 2.57 bits per heavy atom. The third kappa shape index (κ3) is 6.96. The number of aromatic nitrogens is 5. The SMILES string of the molecule is CCCn1c(=O)n(CCCOC)c(=O)c2[nH]c(-c3ccc(N(CCCN4CCc5ccccc5C4=O)C(=O)CC(C)C)nc3)nc21. The monoisotopic (exact) mass is 629 g/mol. The number of rotatable bonds is 14. The summed E-state index contributed by atoms with van der Waals surface area (Å²) >= 11 is 0. The molecule has 1 aliphatic heterocycles. The smallest absolute Gasteiger partial charge is 0.332 e. The number of aromatic amines is 1. The standard InChI is InChI=1S/C34H43N7O5/c1-5-15-40-31-29(33(44)41(34(40)45)18-9-20-46-4)36-30(37-31)25-12-13-27(35-22-25)39(28(42)21-23(2)3)17-8-16-38-19-14-24-10-6-7-11-26(24)32(38)43/h6-7,10-13,22-23H,5,8-9,14-21H2,1-4H3,(H,36,37). The lowest BCUT2D eigenvalue weighted by Crippen LogP contribution is -2.40. The van der Waals surface area contributed by atoms with E-state index < -0.39 is 11.2 Å². The van der Waals surface area contributed by atoms with E-state index in [-0.39, 0.29) is 29.8 Å². The number of H-pyrrole nitrogens is 1. The molecule has 12 nitrogen and oxygen atoms in total. The van der Waals surface area contributed by atoms with Gasteiger partial charge in [0.15, 0.2) is 5.65 Å². The van der Waals surface area contributed by atoms with Gasteiger partial charge < -0.3 is 14.6 Å². The largest absolute Gasteiger partial charge is 0.385 e. The van der Waals surface area contributed by atoms with Crippen LogP contribution in [0.2, 0.25) is 0 Å². The number of hydrogen-bond acceptors (Lipinski definition) is 7. The number of fused-ring (bicyclic) bond motifs is 2. The van der Waals surface area contributed by atoms with Crippen LogP contribution >= 0.6 is 0 Å². The minimum absolute atomic E-state index is 0.0290. The van der Waals surface area contributed by atoms with Gasteiger partial charge in [-0.2, -0.15) is 0 Å². The van der Waals surface area contributed by atoms with Crippen LogP contribution in [0, 0.1) is 5.92 Å². The highest BCUT2D eigenvalue weighted by Crippen LogP contribution is 2.23. The molecule has 1 N–H and O–H groups in total. The minimum Gasteiger partial charge on any atom is -0.385 e. The van der Waals surface area contributed by atoms with Crippen molar-refractivity contribution in [1.82, 2.24) is 29.0 Å². The molecule has 0 atom stereocenters. The molecule has 0 aliphatic carbocycles. The lowest BCUT2D eigenvalue weighted by Gasteiger charge is -2.30. The van der Waals surface area contributed by atoms with E-state index in [9.17, 15) is 19.2 Å². The summed E-state index contributed by atoms with van der Waals surface area (Å²) in [6.07, 6.45) is 4.64. The van der Waals surface area contributed by atoms with Crippen LogP contribution in [0.3, 0.4) is 0 Å². The van der Waals surface area contributed by atoms with Gasteiger partial charge >= 0.3 is 5.69 Å². The number of amides is 2. The molecule has 4 aromatic rings. The number of methoxy groups -OCH3 is 1. The quantitative estimate of drug-likeness (QED) is 0.209. The normalized spacial score (nSPS) is 13.1. The Labute approximate surface area is 268 Å². The van der Waals surface area contributed by atoms with Gasteiger partial charge in [-0.05, 0) is 55.4 Å². The molecule has 12 heteroatoms. The third-order valence-corrected chi connectivity index (χ3v) is 8.22. The average molecular weight is 630 g/mol. The zero-order chi connectivity index (χ0) is 32.8. The molecule has 5 rings (SSSR count). The fourth-order valence-electron chi connectivity index (χ4n) is 5.91. The van der Waals surface area contributed by atoms with Crippen molar-refractivity contribution in [2.75, 3.05) is 38.3 Å². The van der Waals surface area contributed by atoms with E-state index in [1.165, 1.54) is 9.13 Å². The van der Waals surface area contributed by atoms with E-state index in [4.69, 9.17) is 4.74 Å². The number of ether oxygens (including phenoxy) is 1. The Hall–Kier alpha value is -4.58.